The summed E-state index contributed by atoms with van der Waals surface area (Å²) in [5, 5.41) is 5.10. The van der Waals surface area contributed by atoms with Crippen molar-refractivity contribution in [2.45, 2.75) is 32.4 Å². The molecule has 0 radical (unpaired) electrons. The maximum atomic E-state index is 12.7. The summed E-state index contributed by atoms with van der Waals surface area (Å²) < 4.78 is 5.40. The first-order chi connectivity index (χ1) is 11.8. The minimum atomic E-state index is -0.580. The lowest BCUT2D eigenvalue weighted by atomic mass is 10.1. The number of hydrogen-bond acceptors (Lipinski definition) is 4. The van der Waals surface area contributed by atoms with E-state index in [1.54, 1.807) is 11.8 Å². The van der Waals surface area contributed by atoms with Crippen LogP contribution in [-0.2, 0) is 9.53 Å². The first kappa shape index (κ1) is 17.6. The van der Waals surface area contributed by atoms with Crippen molar-refractivity contribution in [3.63, 3.8) is 0 Å². The van der Waals surface area contributed by atoms with Crippen LogP contribution in [0.1, 0.15) is 20.8 Å². The van der Waals surface area contributed by atoms with Gasteiger partial charge in [0.25, 0.3) is 0 Å². The molecule has 0 aromatic heterocycles. The second kappa shape index (κ2) is 6.96. The van der Waals surface area contributed by atoms with Crippen LogP contribution in [0, 0.1) is 0 Å². The molecule has 5 nitrogen and oxygen atoms in total. The number of fused-ring (bicyclic) bond motifs is 1. The summed E-state index contributed by atoms with van der Waals surface area (Å²) in [6.45, 7) is 5.45. The van der Waals surface area contributed by atoms with E-state index in [-0.39, 0.29) is 5.91 Å². The van der Waals surface area contributed by atoms with Crippen LogP contribution in [0.15, 0.2) is 42.5 Å². The fraction of sp³-hybridized carbons (Fsp3) is 0.368. The number of benzene rings is 2. The summed E-state index contributed by atoms with van der Waals surface area (Å²) in [6, 6.07) is 13.2. The average molecular weight is 358 g/mol. The molecule has 0 aliphatic carbocycles. The Morgan fingerprint density at radius 2 is 1.88 bits per heavy atom. The van der Waals surface area contributed by atoms with Crippen LogP contribution in [0.25, 0.3) is 10.8 Å². The van der Waals surface area contributed by atoms with Crippen LogP contribution in [0.2, 0.25) is 0 Å². The smallest absolute Gasteiger partial charge is 0.411 e. The highest BCUT2D eigenvalue weighted by Crippen LogP contribution is 2.25. The molecule has 1 N–H and O–H groups in total. The van der Waals surface area contributed by atoms with E-state index in [9.17, 15) is 9.59 Å². The van der Waals surface area contributed by atoms with E-state index in [4.69, 9.17) is 4.74 Å². The highest BCUT2D eigenvalue weighted by atomic mass is 32.2. The number of ether oxygens (including phenoxy) is 1. The molecule has 2 amide bonds. The van der Waals surface area contributed by atoms with Crippen molar-refractivity contribution >= 4 is 40.2 Å². The highest BCUT2D eigenvalue weighted by Gasteiger charge is 2.37. The number of rotatable bonds is 2. The summed E-state index contributed by atoms with van der Waals surface area (Å²) in [4.78, 5) is 26.5. The molecular weight excluding hydrogens is 336 g/mol. The largest absolute Gasteiger partial charge is 0.444 e. The monoisotopic (exact) mass is 358 g/mol. The molecule has 0 bridgehead atoms. The number of nitrogens with zero attached hydrogens (tertiary/aromatic N) is 1. The Hall–Kier alpha value is -2.21. The maximum absolute atomic E-state index is 12.7. The SMILES string of the molecule is CC(C)(C)OC(=O)N1CSCC1C(=O)Nc1ccc2ccccc2c1. The van der Waals surface area contributed by atoms with Crippen molar-refractivity contribution < 1.29 is 14.3 Å². The third-order valence-corrected chi connectivity index (χ3v) is 4.84. The molecule has 6 heteroatoms. The highest BCUT2D eigenvalue weighted by molar-refractivity contribution is 7.99. The van der Waals surface area contributed by atoms with E-state index in [2.05, 4.69) is 5.32 Å². The number of anilines is 1. The molecule has 2 aromatic rings. The van der Waals surface area contributed by atoms with E-state index >= 15 is 0 Å². The van der Waals surface area contributed by atoms with Crippen molar-refractivity contribution in [1.29, 1.82) is 0 Å². The predicted octanol–water partition coefficient (Wildman–Crippen LogP) is 4.09. The van der Waals surface area contributed by atoms with Crippen molar-refractivity contribution in [3.05, 3.63) is 42.5 Å². The topological polar surface area (TPSA) is 58.6 Å². The molecule has 1 heterocycles. The molecule has 1 aliphatic rings. The molecule has 1 fully saturated rings. The van der Waals surface area contributed by atoms with Gasteiger partial charge in [0.15, 0.2) is 0 Å². The lowest BCUT2D eigenvalue weighted by molar-refractivity contribution is -0.120. The number of carbonyl (C=O) groups is 2. The van der Waals surface area contributed by atoms with Crippen LogP contribution in [0.4, 0.5) is 10.5 Å². The molecule has 1 aliphatic heterocycles. The summed E-state index contributed by atoms with van der Waals surface area (Å²) in [5.41, 5.74) is 0.147. The van der Waals surface area contributed by atoms with Crippen LogP contribution in [0.3, 0.4) is 0 Å². The van der Waals surface area contributed by atoms with Crippen molar-refractivity contribution in [1.82, 2.24) is 4.90 Å². The second-order valence-corrected chi connectivity index (χ2v) is 8.02. The Morgan fingerprint density at radius 1 is 1.16 bits per heavy atom. The maximum Gasteiger partial charge on any atom is 0.411 e. The standard InChI is InChI=1S/C19H22N2O3S/c1-19(2,3)24-18(23)21-12-25-11-16(21)17(22)20-15-9-8-13-6-4-5-7-14(13)10-15/h4-10,16H,11-12H2,1-3H3,(H,20,22). The Labute approximate surface area is 151 Å². The van der Waals surface area contributed by atoms with Gasteiger partial charge in [0.1, 0.15) is 11.6 Å². The zero-order valence-electron chi connectivity index (χ0n) is 14.6. The van der Waals surface area contributed by atoms with Gasteiger partial charge in [-0.1, -0.05) is 30.3 Å². The van der Waals surface area contributed by atoms with Gasteiger partial charge < -0.3 is 10.1 Å². The molecule has 0 saturated carbocycles. The first-order valence-corrected chi connectivity index (χ1v) is 9.36. The van der Waals surface area contributed by atoms with Gasteiger partial charge >= 0.3 is 6.09 Å². The summed E-state index contributed by atoms with van der Waals surface area (Å²) in [6.07, 6.45) is -0.448. The number of amides is 2. The zero-order chi connectivity index (χ0) is 18.0. The van der Waals surface area contributed by atoms with Crippen molar-refractivity contribution in [2.24, 2.45) is 0 Å². The van der Waals surface area contributed by atoms with Crippen LogP contribution < -0.4 is 5.32 Å². The van der Waals surface area contributed by atoms with E-state index in [0.29, 0.717) is 11.6 Å². The van der Waals surface area contributed by atoms with Gasteiger partial charge in [0.05, 0.1) is 5.88 Å². The Morgan fingerprint density at radius 3 is 2.60 bits per heavy atom. The molecular formula is C19H22N2O3S. The van der Waals surface area contributed by atoms with E-state index in [1.807, 2.05) is 63.2 Å². The third kappa shape index (κ3) is 4.25. The van der Waals surface area contributed by atoms with Crippen molar-refractivity contribution in [3.8, 4) is 0 Å². The van der Waals surface area contributed by atoms with E-state index in [1.165, 1.54) is 4.90 Å². The molecule has 25 heavy (non-hydrogen) atoms. The van der Waals surface area contributed by atoms with E-state index < -0.39 is 17.7 Å². The van der Waals surface area contributed by atoms with Gasteiger partial charge in [-0.3, -0.25) is 9.69 Å². The summed E-state index contributed by atoms with van der Waals surface area (Å²) in [5.74, 6) is 0.842. The fourth-order valence-electron chi connectivity index (χ4n) is 2.65. The van der Waals surface area contributed by atoms with E-state index in [0.717, 1.165) is 16.5 Å². The quantitative estimate of drug-likeness (QED) is 0.878. The minimum absolute atomic E-state index is 0.189. The van der Waals surface area contributed by atoms with Crippen LogP contribution in [0.5, 0.6) is 0 Å². The second-order valence-electron chi connectivity index (χ2n) is 7.02. The first-order valence-electron chi connectivity index (χ1n) is 8.20. The lowest BCUT2D eigenvalue weighted by Gasteiger charge is -2.27. The third-order valence-electron chi connectivity index (χ3n) is 3.83. The normalized spacial score (nSPS) is 17.6. The van der Waals surface area contributed by atoms with Gasteiger partial charge in [0.2, 0.25) is 5.91 Å². The van der Waals surface area contributed by atoms with Crippen LogP contribution >= 0.6 is 11.8 Å². The lowest BCUT2D eigenvalue weighted by Crippen LogP contribution is -2.46. The van der Waals surface area contributed by atoms with Crippen molar-refractivity contribution in [2.75, 3.05) is 16.9 Å². The van der Waals surface area contributed by atoms with Gasteiger partial charge in [-0.15, -0.1) is 11.8 Å². The summed E-state index contributed by atoms with van der Waals surface area (Å²) in [7, 11) is 0. The number of nitrogens with one attached hydrogen (secondary N) is 1. The average Bonchev–Trinajstić information content (AvgIpc) is 3.03. The fourth-order valence-corrected chi connectivity index (χ4v) is 3.80. The van der Waals surface area contributed by atoms with Crippen LogP contribution in [-0.4, -0.2) is 40.2 Å². The minimum Gasteiger partial charge on any atom is -0.444 e. The number of hydrogen-bond donors (Lipinski definition) is 1. The Kier molecular flexibility index (Phi) is 4.90. The molecule has 2 aromatic carbocycles. The predicted molar refractivity (Wildman–Crippen MR) is 102 cm³/mol. The van der Waals surface area contributed by atoms with Gasteiger partial charge in [-0.25, -0.2) is 4.79 Å². The Balaban J connectivity index is 1.71. The molecule has 1 saturated heterocycles. The molecule has 132 valence electrons. The number of carbonyl (C=O) groups excluding carboxylic acids is 2. The van der Waals surface area contributed by atoms with Gasteiger partial charge in [0, 0.05) is 11.4 Å². The van der Waals surface area contributed by atoms with Gasteiger partial charge in [-0.2, -0.15) is 0 Å². The Bertz CT molecular complexity index is 801. The molecule has 1 atom stereocenters. The summed E-state index contributed by atoms with van der Waals surface area (Å²) >= 11 is 1.55. The molecule has 3 rings (SSSR count). The van der Waals surface area contributed by atoms with Gasteiger partial charge in [-0.05, 0) is 43.7 Å². The molecule has 1 unspecified atom stereocenters. The molecule has 0 spiro atoms. The zero-order valence-corrected chi connectivity index (χ0v) is 15.4. The number of thioether (sulfide) groups is 1.